The summed E-state index contributed by atoms with van der Waals surface area (Å²) < 4.78 is 0. The first kappa shape index (κ1) is 4.49. The average molecular weight is 120 g/mol. The first-order valence-electron chi connectivity index (χ1n) is 2.76. The number of hydrogen-bond donors (Lipinski definition) is 2. The van der Waals surface area contributed by atoms with Crippen LogP contribution in [0.3, 0.4) is 0 Å². The van der Waals surface area contributed by atoms with Crippen LogP contribution in [0.5, 0.6) is 0 Å². The van der Waals surface area contributed by atoms with Crippen LogP contribution in [0.1, 0.15) is 0 Å². The van der Waals surface area contributed by atoms with Gasteiger partial charge in [0.2, 0.25) is 0 Å². The summed E-state index contributed by atoms with van der Waals surface area (Å²) in [6.07, 6.45) is 5.38. The predicted octanol–water partition coefficient (Wildman–Crippen LogP) is 1.15. The zero-order chi connectivity index (χ0) is 6.10. The lowest BCUT2D eigenvalue weighted by atomic mass is 10.4. The summed E-state index contributed by atoms with van der Waals surface area (Å²) in [6, 6.07) is 1.92. The van der Waals surface area contributed by atoms with Gasteiger partial charge in [-0.3, -0.25) is 5.32 Å². The highest BCUT2D eigenvalue weighted by molar-refractivity contribution is 5.63. The summed E-state index contributed by atoms with van der Waals surface area (Å²) in [5.74, 6) is 0.970. The first-order valence-corrected chi connectivity index (χ1v) is 2.76. The van der Waals surface area contributed by atoms with Crippen LogP contribution in [0.2, 0.25) is 0 Å². The molecule has 0 fully saturated rings. The molecule has 45 valence electrons. The lowest BCUT2D eigenvalue weighted by molar-refractivity contribution is 1.15. The molecule has 0 aromatic carbocycles. The van der Waals surface area contributed by atoms with Gasteiger partial charge in [0.15, 0.2) is 0 Å². The van der Waals surface area contributed by atoms with E-state index in [9.17, 15) is 0 Å². The van der Waals surface area contributed by atoms with E-state index in [4.69, 9.17) is 0 Å². The molecule has 3 heteroatoms. The van der Waals surface area contributed by atoms with Crippen LogP contribution in [0.15, 0.2) is 24.7 Å². The maximum atomic E-state index is 4.08. The Balaban J connectivity index is 2.46. The van der Waals surface area contributed by atoms with Crippen LogP contribution >= 0.6 is 0 Å². The summed E-state index contributed by atoms with van der Waals surface area (Å²) in [5.41, 5.74) is 0.970. The van der Waals surface area contributed by atoms with Gasteiger partial charge in [-0.2, -0.15) is 0 Å². The quantitative estimate of drug-likeness (QED) is 0.529. The highest BCUT2D eigenvalue weighted by Gasteiger charge is 2.03. The van der Waals surface area contributed by atoms with Crippen LogP contribution in [-0.4, -0.2) is 4.98 Å². The summed E-state index contributed by atoms with van der Waals surface area (Å²) in [6.45, 7) is 0. The first-order chi connectivity index (χ1) is 4.47. The molecular weight excluding hydrogens is 114 g/mol. The molecule has 2 heterocycles. The Morgan fingerprint density at radius 1 is 1.44 bits per heavy atom. The molecule has 0 saturated carbocycles. The van der Waals surface area contributed by atoms with Gasteiger partial charge in [-0.25, -0.2) is 0 Å². The SMILES string of the molecule is C1=CNc2[nH]ccc2[N]1. The third-order valence-electron chi connectivity index (χ3n) is 1.24. The van der Waals surface area contributed by atoms with Gasteiger partial charge in [-0.1, -0.05) is 0 Å². The fourth-order valence-corrected chi connectivity index (χ4v) is 0.823. The van der Waals surface area contributed by atoms with Crippen LogP contribution in [0.25, 0.3) is 0 Å². The van der Waals surface area contributed by atoms with Crippen molar-refractivity contribution in [3.63, 3.8) is 0 Å². The van der Waals surface area contributed by atoms with Gasteiger partial charge in [-0.15, -0.1) is 0 Å². The number of hydrogen-bond acceptors (Lipinski definition) is 1. The second-order valence-corrected chi connectivity index (χ2v) is 1.83. The second-order valence-electron chi connectivity index (χ2n) is 1.83. The third-order valence-corrected chi connectivity index (χ3v) is 1.24. The number of rotatable bonds is 0. The molecule has 1 radical (unpaired) electrons. The number of aromatic amines is 1. The molecule has 9 heavy (non-hydrogen) atoms. The molecule has 2 rings (SSSR count). The second kappa shape index (κ2) is 1.55. The molecule has 0 bridgehead atoms. The van der Waals surface area contributed by atoms with E-state index >= 15 is 0 Å². The van der Waals surface area contributed by atoms with Crippen molar-refractivity contribution < 1.29 is 0 Å². The zero-order valence-corrected chi connectivity index (χ0v) is 4.76. The molecule has 0 unspecified atom stereocenters. The van der Waals surface area contributed by atoms with Gasteiger partial charge < -0.3 is 10.3 Å². The molecule has 1 aliphatic rings. The molecule has 0 amide bonds. The Bertz CT molecular complexity index is 214. The van der Waals surface area contributed by atoms with E-state index in [1.54, 1.807) is 12.4 Å². The molecule has 0 spiro atoms. The molecule has 0 atom stereocenters. The number of nitrogens with one attached hydrogen (secondary N) is 2. The van der Waals surface area contributed by atoms with E-state index in [0.29, 0.717) is 0 Å². The minimum absolute atomic E-state index is 0.970. The van der Waals surface area contributed by atoms with E-state index in [0.717, 1.165) is 11.5 Å². The summed E-state index contributed by atoms with van der Waals surface area (Å²) in [5, 5.41) is 7.09. The van der Waals surface area contributed by atoms with Gasteiger partial charge in [0, 0.05) is 18.6 Å². The van der Waals surface area contributed by atoms with Gasteiger partial charge in [0.25, 0.3) is 0 Å². The minimum Gasteiger partial charge on any atom is -0.346 e. The van der Waals surface area contributed by atoms with E-state index in [2.05, 4.69) is 15.6 Å². The fraction of sp³-hybridized carbons (Fsp3) is 0. The Labute approximate surface area is 52.8 Å². The third kappa shape index (κ3) is 0.579. The number of nitrogens with zero attached hydrogens (tertiary/aromatic N) is 1. The molecule has 1 aromatic rings. The summed E-state index contributed by atoms with van der Waals surface area (Å²) in [7, 11) is 0. The Morgan fingerprint density at radius 3 is 3.33 bits per heavy atom. The predicted molar refractivity (Wildman–Crippen MR) is 35.3 cm³/mol. The van der Waals surface area contributed by atoms with Crippen molar-refractivity contribution in [2.24, 2.45) is 0 Å². The Kier molecular flexibility index (Phi) is 0.773. The van der Waals surface area contributed by atoms with E-state index in [1.807, 2.05) is 12.3 Å². The average Bonchev–Trinajstić information content (AvgIpc) is 2.33. The molecule has 2 N–H and O–H groups in total. The van der Waals surface area contributed by atoms with E-state index in [-0.39, 0.29) is 0 Å². The van der Waals surface area contributed by atoms with Crippen molar-refractivity contribution in [3.8, 4) is 0 Å². The van der Waals surface area contributed by atoms with Crippen LogP contribution in [0.4, 0.5) is 11.5 Å². The molecule has 0 saturated heterocycles. The molecule has 0 aliphatic carbocycles. The monoisotopic (exact) mass is 120 g/mol. The number of H-pyrrole nitrogens is 1. The van der Waals surface area contributed by atoms with Crippen molar-refractivity contribution in [1.29, 1.82) is 0 Å². The van der Waals surface area contributed by atoms with Crippen LogP contribution in [-0.2, 0) is 0 Å². The van der Waals surface area contributed by atoms with Crippen molar-refractivity contribution in [3.05, 3.63) is 24.7 Å². The van der Waals surface area contributed by atoms with Crippen molar-refractivity contribution in [2.45, 2.75) is 0 Å². The largest absolute Gasteiger partial charge is 0.346 e. The fourth-order valence-electron chi connectivity index (χ4n) is 0.823. The normalized spacial score (nSPS) is 13.8. The molecule has 1 aromatic heterocycles. The molecule has 1 aliphatic heterocycles. The Morgan fingerprint density at radius 2 is 2.44 bits per heavy atom. The minimum atomic E-state index is 0.970. The summed E-state index contributed by atoms with van der Waals surface area (Å²) in [4.78, 5) is 3.00. The van der Waals surface area contributed by atoms with Crippen LogP contribution in [0, 0.1) is 0 Å². The maximum Gasteiger partial charge on any atom is 0.133 e. The number of anilines is 1. The highest BCUT2D eigenvalue weighted by Crippen LogP contribution is 2.21. The van der Waals surface area contributed by atoms with Crippen molar-refractivity contribution in [1.82, 2.24) is 10.3 Å². The van der Waals surface area contributed by atoms with E-state index < -0.39 is 0 Å². The number of fused-ring (bicyclic) bond motifs is 1. The highest BCUT2D eigenvalue weighted by atomic mass is 15.1. The van der Waals surface area contributed by atoms with Crippen molar-refractivity contribution in [2.75, 3.05) is 5.32 Å². The zero-order valence-electron chi connectivity index (χ0n) is 4.76. The molecular formula is C6H6N3. The number of aromatic nitrogens is 1. The van der Waals surface area contributed by atoms with Gasteiger partial charge in [0.05, 0.1) is 0 Å². The van der Waals surface area contributed by atoms with Crippen LogP contribution < -0.4 is 10.6 Å². The standard InChI is InChI=1S/C6H6N3/c1-2-8-6-5(1)7-3-4-9-6/h1-4,8-9H. The van der Waals surface area contributed by atoms with Gasteiger partial charge in [-0.05, 0) is 6.07 Å². The topological polar surface area (TPSA) is 41.9 Å². The van der Waals surface area contributed by atoms with Gasteiger partial charge >= 0.3 is 0 Å². The van der Waals surface area contributed by atoms with E-state index in [1.165, 1.54) is 0 Å². The molecule has 3 nitrogen and oxygen atoms in total. The smallest absolute Gasteiger partial charge is 0.133 e. The van der Waals surface area contributed by atoms with Gasteiger partial charge in [0.1, 0.15) is 11.5 Å². The maximum absolute atomic E-state index is 4.08. The lowest BCUT2D eigenvalue weighted by Gasteiger charge is -2.04. The summed E-state index contributed by atoms with van der Waals surface area (Å²) >= 11 is 0. The Hall–Kier alpha value is -1.38. The lowest BCUT2D eigenvalue weighted by Crippen LogP contribution is -1.98. The van der Waals surface area contributed by atoms with Crippen molar-refractivity contribution >= 4 is 11.5 Å².